The van der Waals surface area contributed by atoms with Gasteiger partial charge in [-0.25, -0.2) is 0 Å². The summed E-state index contributed by atoms with van der Waals surface area (Å²) in [6, 6.07) is 4.17. The average Bonchev–Trinajstić information content (AvgIpc) is 3.31. The highest BCUT2D eigenvalue weighted by Crippen LogP contribution is 2.32. The molecule has 0 unspecified atom stereocenters. The van der Waals surface area contributed by atoms with Crippen molar-refractivity contribution >= 4 is 0 Å². The summed E-state index contributed by atoms with van der Waals surface area (Å²) in [6.45, 7) is 7.64. The van der Waals surface area contributed by atoms with Crippen molar-refractivity contribution in [3.63, 3.8) is 0 Å². The van der Waals surface area contributed by atoms with Gasteiger partial charge < -0.3 is 4.74 Å². The molecule has 3 heterocycles. The van der Waals surface area contributed by atoms with Crippen molar-refractivity contribution in [3.8, 4) is 0 Å². The van der Waals surface area contributed by atoms with Gasteiger partial charge in [0.05, 0.1) is 12.8 Å². The molecule has 1 atom stereocenters. The molecule has 1 fully saturated rings. The molecule has 5 heteroatoms. The van der Waals surface area contributed by atoms with Crippen LogP contribution < -0.4 is 0 Å². The lowest BCUT2D eigenvalue weighted by molar-refractivity contribution is 0.101. The topological polar surface area (TPSA) is 43.2 Å². The average molecular weight is 354 g/mol. The van der Waals surface area contributed by atoms with Gasteiger partial charge in [0.1, 0.15) is 0 Å². The molecular formula is C21H30N4O. The van der Waals surface area contributed by atoms with E-state index < -0.39 is 0 Å². The Morgan fingerprint density at radius 1 is 1.23 bits per heavy atom. The second-order valence-electron chi connectivity index (χ2n) is 7.77. The molecular weight excluding hydrogens is 324 g/mol. The monoisotopic (exact) mass is 354 g/mol. The maximum absolute atomic E-state index is 5.84. The van der Waals surface area contributed by atoms with E-state index in [0.29, 0.717) is 5.92 Å². The highest BCUT2D eigenvalue weighted by atomic mass is 16.5. The Morgan fingerprint density at radius 3 is 2.88 bits per heavy atom. The fourth-order valence-electron chi connectivity index (χ4n) is 4.58. The van der Waals surface area contributed by atoms with Crippen LogP contribution in [0.2, 0.25) is 0 Å². The lowest BCUT2D eigenvalue weighted by Crippen LogP contribution is -2.36. The fraction of sp³-hybridized carbons (Fsp3) is 0.619. The maximum Gasteiger partial charge on any atom is 0.0562 e. The summed E-state index contributed by atoms with van der Waals surface area (Å²) in [5.41, 5.74) is 4.07. The third-order valence-electron chi connectivity index (χ3n) is 5.78. The van der Waals surface area contributed by atoms with Crippen molar-refractivity contribution in [2.75, 3.05) is 19.8 Å². The minimum absolute atomic E-state index is 0.402. The molecule has 4 rings (SSSR count). The van der Waals surface area contributed by atoms with Crippen LogP contribution in [0.4, 0.5) is 0 Å². The van der Waals surface area contributed by atoms with Crippen LogP contribution in [-0.4, -0.2) is 39.4 Å². The van der Waals surface area contributed by atoms with Gasteiger partial charge in [-0.15, -0.1) is 0 Å². The maximum atomic E-state index is 5.84. The van der Waals surface area contributed by atoms with E-state index in [2.05, 4.69) is 33.8 Å². The summed E-state index contributed by atoms with van der Waals surface area (Å²) in [5, 5.41) is 4.78. The Balaban J connectivity index is 1.52. The van der Waals surface area contributed by atoms with Crippen LogP contribution in [0.15, 0.2) is 30.7 Å². The molecule has 2 aliphatic rings. The van der Waals surface area contributed by atoms with E-state index in [1.54, 1.807) is 0 Å². The zero-order chi connectivity index (χ0) is 17.8. The van der Waals surface area contributed by atoms with E-state index in [1.807, 2.05) is 18.5 Å². The predicted molar refractivity (Wildman–Crippen MR) is 102 cm³/mol. The van der Waals surface area contributed by atoms with Crippen LogP contribution in [0, 0.1) is 5.92 Å². The summed E-state index contributed by atoms with van der Waals surface area (Å²) in [4.78, 5) is 6.76. The van der Waals surface area contributed by atoms with E-state index in [1.165, 1.54) is 42.5 Å². The van der Waals surface area contributed by atoms with Crippen LogP contribution in [0.5, 0.6) is 0 Å². The zero-order valence-electron chi connectivity index (χ0n) is 15.8. The number of aromatic nitrogens is 3. The molecule has 1 aliphatic carbocycles. The Hall–Kier alpha value is -1.72. The number of nitrogens with zero attached hydrogens (tertiary/aromatic N) is 4. The summed E-state index contributed by atoms with van der Waals surface area (Å²) < 4.78 is 8.14. The Kier molecular flexibility index (Phi) is 5.65. The smallest absolute Gasteiger partial charge is 0.0562 e. The first kappa shape index (κ1) is 17.7. The zero-order valence-corrected chi connectivity index (χ0v) is 15.8. The number of hydrogen-bond donors (Lipinski definition) is 0. The molecule has 140 valence electrons. The number of pyridine rings is 1. The van der Waals surface area contributed by atoms with Gasteiger partial charge in [-0.2, -0.15) is 5.10 Å². The van der Waals surface area contributed by atoms with Crippen LogP contribution in [-0.2, 0) is 24.4 Å². The van der Waals surface area contributed by atoms with E-state index in [9.17, 15) is 0 Å². The molecule has 0 spiro atoms. The lowest BCUT2D eigenvalue weighted by Gasteiger charge is -2.33. The molecule has 0 aromatic carbocycles. The summed E-state index contributed by atoms with van der Waals surface area (Å²) >= 11 is 0. The van der Waals surface area contributed by atoms with Gasteiger partial charge in [-0.05, 0) is 37.3 Å². The molecule has 0 N–H and O–H groups in total. The lowest BCUT2D eigenvalue weighted by atomic mass is 9.96. The van der Waals surface area contributed by atoms with Crippen LogP contribution in [0.3, 0.4) is 0 Å². The summed E-state index contributed by atoms with van der Waals surface area (Å²) in [7, 11) is 0. The van der Waals surface area contributed by atoms with Gasteiger partial charge in [0.15, 0.2) is 0 Å². The Labute approximate surface area is 156 Å². The molecule has 0 amide bonds. The summed E-state index contributed by atoms with van der Waals surface area (Å²) in [6.07, 6.45) is 11.4. The van der Waals surface area contributed by atoms with Gasteiger partial charge in [0.25, 0.3) is 0 Å². The molecule has 0 saturated heterocycles. The molecule has 0 radical (unpaired) electrons. The van der Waals surface area contributed by atoms with Crippen molar-refractivity contribution in [3.05, 3.63) is 47.5 Å². The van der Waals surface area contributed by atoms with Gasteiger partial charge in [0.2, 0.25) is 0 Å². The van der Waals surface area contributed by atoms with Crippen LogP contribution in [0.1, 0.15) is 55.3 Å². The Bertz CT molecular complexity index is 693. The minimum atomic E-state index is 0.402. The number of ether oxygens (including phenoxy) is 1. The normalized spacial score (nSPS) is 21.2. The Morgan fingerprint density at radius 2 is 2.12 bits per heavy atom. The second kappa shape index (κ2) is 8.31. The van der Waals surface area contributed by atoms with Crippen molar-refractivity contribution in [2.45, 2.75) is 58.2 Å². The first-order valence-electron chi connectivity index (χ1n) is 10.1. The number of hydrogen-bond acceptors (Lipinski definition) is 4. The fourth-order valence-corrected chi connectivity index (χ4v) is 4.58. The van der Waals surface area contributed by atoms with E-state index >= 15 is 0 Å². The van der Waals surface area contributed by atoms with E-state index in [-0.39, 0.29) is 0 Å². The summed E-state index contributed by atoms with van der Waals surface area (Å²) in [5.74, 6) is 1.21. The molecule has 1 saturated carbocycles. The van der Waals surface area contributed by atoms with Crippen molar-refractivity contribution in [1.82, 2.24) is 19.7 Å². The van der Waals surface area contributed by atoms with Crippen molar-refractivity contribution in [2.24, 2.45) is 5.92 Å². The van der Waals surface area contributed by atoms with Crippen LogP contribution in [0.25, 0.3) is 0 Å². The van der Waals surface area contributed by atoms with E-state index in [0.717, 1.165) is 45.3 Å². The second-order valence-corrected chi connectivity index (χ2v) is 7.77. The molecule has 2 aromatic heterocycles. The molecule has 26 heavy (non-hydrogen) atoms. The SMILES string of the molecule is CCOC[C@@H]1CN(Cc2cccnc2)Cc2cnn(CC3CCCC3)c21. The molecule has 0 bridgehead atoms. The quantitative estimate of drug-likeness (QED) is 0.762. The highest BCUT2D eigenvalue weighted by molar-refractivity contribution is 5.26. The van der Waals surface area contributed by atoms with Gasteiger partial charge in [-0.1, -0.05) is 18.9 Å². The van der Waals surface area contributed by atoms with Gasteiger partial charge in [-0.3, -0.25) is 14.6 Å². The van der Waals surface area contributed by atoms with Crippen molar-refractivity contribution in [1.29, 1.82) is 0 Å². The number of rotatable bonds is 7. The minimum Gasteiger partial charge on any atom is -0.381 e. The largest absolute Gasteiger partial charge is 0.381 e. The first-order chi connectivity index (χ1) is 12.8. The standard InChI is InChI=1S/C21H30N4O/c1-2-26-16-20-15-24(12-18-8-5-9-22-10-18)14-19-11-23-25(21(19)20)13-17-6-3-4-7-17/h5,8-11,17,20H,2-4,6-7,12-16H2,1H3/t20-/m0/s1. The van der Waals surface area contributed by atoms with Crippen molar-refractivity contribution < 1.29 is 4.74 Å². The highest BCUT2D eigenvalue weighted by Gasteiger charge is 2.30. The van der Waals surface area contributed by atoms with Gasteiger partial charge >= 0.3 is 0 Å². The molecule has 2 aromatic rings. The first-order valence-corrected chi connectivity index (χ1v) is 10.1. The van der Waals surface area contributed by atoms with Gasteiger partial charge in [0, 0.05) is 62.4 Å². The molecule has 5 nitrogen and oxygen atoms in total. The van der Waals surface area contributed by atoms with Crippen LogP contribution >= 0.6 is 0 Å². The van der Waals surface area contributed by atoms with E-state index in [4.69, 9.17) is 9.84 Å². The third kappa shape index (κ3) is 3.99. The number of fused-ring (bicyclic) bond motifs is 1. The third-order valence-corrected chi connectivity index (χ3v) is 5.78. The molecule has 1 aliphatic heterocycles. The predicted octanol–water partition coefficient (Wildman–Crippen LogP) is 3.60.